The predicted molar refractivity (Wildman–Crippen MR) is 97.0 cm³/mol. The lowest BCUT2D eigenvalue weighted by Gasteiger charge is -2.17. The summed E-state index contributed by atoms with van der Waals surface area (Å²) in [6.07, 6.45) is 0. The van der Waals surface area contributed by atoms with Crippen LogP contribution in [0.15, 0.2) is 42.5 Å². The maximum Gasteiger partial charge on any atom is 0.262 e. The van der Waals surface area contributed by atoms with Crippen LogP contribution < -0.4 is 14.8 Å². The molecule has 0 aromatic heterocycles. The van der Waals surface area contributed by atoms with Gasteiger partial charge in [0.25, 0.3) is 5.91 Å². The molecule has 1 amide bonds. The predicted octanol–water partition coefficient (Wildman–Crippen LogP) is 4.53. The van der Waals surface area contributed by atoms with Gasteiger partial charge in [-0.25, -0.2) is 0 Å². The molecule has 1 N–H and O–H groups in total. The average molecular weight is 327 g/mol. The molecule has 0 saturated heterocycles. The maximum absolute atomic E-state index is 12.3. The van der Waals surface area contributed by atoms with Crippen molar-refractivity contribution in [1.29, 1.82) is 0 Å². The molecule has 128 valence electrons. The van der Waals surface area contributed by atoms with Gasteiger partial charge in [0.05, 0.1) is 6.61 Å². The highest BCUT2D eigenvalue weighted by Gasteiger charge is 2.13. The number of nitrogens with one attached hydrogen (secondary N) is 1. The van der Waals surface area contributed by atoms with Gasteiger partial charge in [-0.3, -0.25) is 4.79 Å². The van der Waals surface area contributed by atoms with Gasteiger partial charge in [-0.1, -0.05) is 44.2 Å². The summed E-state index contributed by atoms with van der Waals surface area (Å²) in [5, 5.41) is 2.98. The van der Waals surface area contributed by atoms with Gasteiger partial charge in [-0.2, -0.15) is 0 Å². The van der Waals surface area contributed by atoms with Crippen molar-refractivity contribution in [3.8, 4) is 11.5 Å². The second kappa shape index (κ2) is 8.39. The van der Waals surface area contributed by atoms with Crippen LogP contribution >= 0.6 is 0 Å². The van der Waals surface area contributed by atoms with Crippen molar-refractivity contribution >= 4 is 11.6 Å². The van der Waals surface area contributed by atoms with Gasteiger partial charge in [0.2, 0.25) is 0 Å². The minimum absolute atomic E-state index is 0.0596. The van der Waals surface area contributed by atoms with Crippen molar-refractivity contribution in [2.75, 3.05) is 18.5 Å². The third-order valence-corrected chi connectivity index (χ3v) is 3.70. The van der Waals surface area contributed by atoms with Crippen molar-refractivity contribution in [2.24, 2.45) is 0 Å². The number of carbonyl (C=O) groups is 1. The lowest BCUT2D eigenvalue weighted by molar-refractivity contribution is -0.118. The largest absolute Gasteiger partial charge is 0.490 e. The molecule has 0 atom stereocenters. The third-order valence-electron chi connectivity index (χ3n) is 3.70. The zero-order valence-corrected chi connectivity index (χ0v) is 14.8. The van der Waals surface area contributed by atoms with Crippen LogP contribution in [0.1, 0.15) is 37.8 Å². The van der Waals surface area contributed by atoms with E-state index in [0.717, 1.165) is 16.8 Å². The van der Waals surface area contributed by atoms with Crippen LogP contribution in [-0.4, -0.2) is 19.1 Å². The standard InChI is InChI=1S/C20H25NO3/c1-5-23-17-11-6-7-12-18(17)24-13-19(22)21-20-15(4)9-8-10-16(20)14(2)3/h6-12,14H,5,13H2,1-4H3,(H,21,22). The fourth-order valence-electron chi connectivity index (χ4n) is 2.51. The van der Waals surface area contributed by atoms with Crippen LogP contribution in [0.3, 0.4) is 0 Å². The number of anilines is 1. The Balaban J connectivity index is 2.05. The van der Waals surface area contributed by atoms with Gasteiger partial charge in [0.15, 0.2) is 18.1 Å². The highest BCUT2D eigenvalue weighted by Crippen LogP contribution is 2.28. The Morgan fingerprint density at radius 3 is 2.33 bits per heavy atom. The first kappa shape index (κ1) is 17.9. The van der Waals surface area contributed by atoms with Crippen LogP contribution in [-0.2, 0) is 4.79 Å². The molecule has 0 unspecified atom stereocenters. The minimum atomic E-state index is -0.183. The number of para-hydroxylation sites is 3. The summed E-state index contributed by atoms with van der Waals surface area (Å²) in [4.78, 5) is 12.3. The fraction of sp³-hybridized carbons (Fsp3) is 0.350. The lowest BCUT2D eigenvalue weighted by atomic mass is 9.98. The first-order chi connectivity index (χ1) is 11.5. The van der Waals surface area contributed by atoms with Gasteiger partial charge in [-0.15, -0.1) is 0 Å². The van der Waals surface area contributed by atoms with Crippen molar-refractivity contribution in [2.45, 2.75) is 33.6 Å². The second-order valence-electron chi connectivity index (χ2n) is 5.91. The summed E-state index contributed by atoms with van der Waals surface area (Å²) >= 11 is 0. The zero-order valence-electron chi connectivity index (χ0n) is 14.8. The molecule has 0 saturated carbocycles. The van der Waals surface area contributed by atoms with E-state index < -0.39 is 0 Å². The van der Waals surface area contributed by atoms with Crippen molar-refractivity contribution in [3.63, 3.8) is 0 Å². The molecule has 0 aliphatic rings. The molecule has 0 heterocycles. The summed E-state index contributed by atoms with van der Waals surface area (Å²) in [6.45, 7) is 8.61. The molecule has 0 spiro atoms. The van der Waals surface area contributed by atoms with E-state index in [1.54, 1.807) is 6.07 Å². The van der Waals surface area contributed by atoms with Gasteiger partial charge < -0.3 is 14.8 Å². The number of carbonyl (C=O) groups excluding carboxylic acids is 1. The van der Waals surface area contributed by atoms with Crippen LogP contribution in [0.25, 0.3) is 0 Å². The van der Waals surface area contributed by atoms with Crippen LogP contribution in [0.5, 0.6) is 11.5 Å². The van der Waals surface area contributed by atoms with E-state index >= 15 is 0 Å². The molecule has 0 radical (unpaired) electrons. The topological polar surface area (TPSA) is 47.6 Å². The number of benzene rings is 2. The number of aryl methyl sites for hydroxylation is 1. The van der Waals surface area contributed by atoms with E-state index in [0.29, 0.717) is 24.0 Å². The minimum Gasteiger partial charge on any atom is -0.490 e. The number of amides is 1. The molecule has 0 fully saturated rings. The number of ether oxygens (including phenoxy) is 2. The highest BCUT2D eigenvalue weighted by atomic mass is 16.5. The molecule has 2 rings (SSSR count). The highest BCUT2D eigenvalue weighted by molar-refractivity contribution is 5.93. The van der Waals surface area contributed by atoms with E-state index in [2.05, 4.69) is 19.2 Å². The number of hydrogen-bond acceptors (Lipinski definition) is 3. The first-order valence-electron chi connectivity index (χ1n) is 8.27. The second-order valence-corrected chi connectivity index (χ2v) is 5.91. The van der Waals surface area contributed by atoms with Crippen molar-refractivity contribution in [3.05, 3.63) is 53.6 Å². The van der Waals surface area contributed by atoms with Crippen LogP contribution in [0, 0.1) is 6.92 Å². The van der Waals surface area contributed by atoms with E-state index in [1.807, 2.05) is 50.2 Å². The summed E-state index contributed by atoms with van der Waals surface area (Å²) in [5.74, 6) is 1.37. The monoisotopic (exact) mass is 327 g/mol. The quantitative estimate of drug-likeness (QED) is 0.812. The van der Waals surface area contributed by atoms with Gasteiger partial charge in [0, 0.05) is 5.69 Å². The Morgan fingerprint density at radius 2 is 1.71 bits per heavy atom. The van der Waals surface area contributed by atoms with E-state index in [-0.39, 0.29) is 12.5 Å². The molecule has 24 heavy (non-hydrogen) atoms. The molecule has 4 nitrogen and oxygen atoms in total. The van der Waals surface area contributed by atoms with Crippen molar-refractivity contribution in [1.82, 2.24) is 0 Å². The summed E-state index contributed by atoms with van der Waals surface area (Å²) < 4.78 is 11.1. The van der Waals surface area contributed by atoms with Gasteiger partial charge >= 0.3 is 0 Å². The molecule has 2 aromatic carbocycles. The molecule has 0 aliphatic heterocycles. The zero-order chi connectivity index (χ0) is 17.5. The molecule has 0 bridgehead atoms. The van der Waals surface area contributed by atoms with Crippen molar-refractivity contribution < 1.29 is 14.3 Å². The summed E-state index contributed by atoms with van der Waals surface area (Å²) in [6, 6.07) is 13.4. The van der Waals surface area contributed by atoms with Gasteiger partial charge in [-0.05, 0) is 43.0 Å². The Bertz CT molecular complexity index is 695. The summed E-state index contributed by atoms with van der Waals surface area (Å²) in [7, 11) is 0. The first-order valence-corrected chi connectivity index (χ1v) is 8.27. The van der Waals surface area contributed by atoms with Crippen LogP contribution in [0.4, 0.5) is 5.69 Å². The Morgan fingerprint density at radius 1 is 1.04 bits per heavy atom. The molecule has 0 aliphatic carbocycles. The Kier molecular flexibility index (Phi) is 6.24. The Labute approximate surface area is 143 Å². The third kappa shape index (κ3) is 4.51. The molecular weight excluding hydrogens is 302 g/mol. The van der Waals surface area contributed by atoms with E-state index in [1.165, 1.54) is 0 Å². The molecular formula is C20H25NO3. The van der Waals surface area contributed by atoms with E-state index in [9.17, 15) is 4.79 Å². The lowest BCUT2D eigenvalue weighted by Crippen LogP contribution is -2.22. The van der Waals surface area contributed by atoms with Crippen LogP contribution in [0.2, 0.25) is 0 Å². The number of hydrogen-bond donors (Lipinski definition) is 1. The average Bonchev–Trinajstić information content (AvgIpc) is 2.56. The molecule has 4 heteroatoms. The fourth-order valence-corrected chi connectivity index (χ4v) is 2.51. The maximum atomic E-state index is 12.3. The number of rotatable bonds is 7. The summed E-state index contributed by atoms with van der Waals surface area (Å²) in [5.41, 5.74) is 3.04. The van der Waals surface area contributed by atoms with E-state index in [4.69, 9.17) is 9.47 Å². The molecule has 2 aromatic rings. The normalized spacial score (nSPS) is 10.5. The Hall–Kier alpha value is -2.49. The smallest absolute Gasteiger partial charge is 0.262 e. The SMILES string of the molecule is CCOc1ccccc1OCC(=O)Nc1c(C)cccc1C(C)C. The van der Waals surface area contributed by atoms with Gasteiger partial charge in [0.1, 0.15) is 0 Å².